The quantitative estimate of drug-likeness (QED) is 0.517. The van der Waals surface area contributed by atoms with Gasteiger partial charge in [0.25, 0.3) is 0 Å². The first kappa shape index (κ1) is 8.34. The van der Waals surface area contributed by atoms with E-state index in [2.05, 4.69) is 26.8 Å². The smallest absolute Gasteiger partial charge is 0.0146 e. The molecule has 3 aliphatic rings. The third kappa shape index (κ3) is 0.967. The van der Waals surface area contributed by atoms with Gasteiger partial charge < -0.3 is 0 Å². The summed E-state index contributed by atoms with van der Waals surface area (Å²) in [7, 11) is 0. The van der Waals surface area contributed by atoms with E-state index >= 15 is 0 Å². The molecule has 0 heteroatoms. The Kier molecular flexibility index (Phi) is 1.82. The molecule has 0 radical (unpaired) electrons. The molecule has 2 unspecified atom stereocenters. The fraction of sp³-hybridized carbons (Fsp3) is 0.833. The molecule has 0 aliphatic heterocycles. The van der Waals surface area contributed by atoms with Crippen LogP contribution in [0.5, 0.6) is 0 Å². The summed E-state index contributed by atoms with van der Waals surface area (Å²) in [5.74, 6) is 1.98. The van der Waals surface area contributed by atoms with E-state index in [1.807, 2.05) is 0 Å². The maximum Gasteiger partial charge on any atom is -0.0146 e. The van der Waals surface area contributed by atoms with Gasteiger partial charge in [0.1, 0.15) is 0 Å². The van der Waals surface area contributed by atoms with Gasteiger partial charge in [0.05, 0.1) is 0 Å². The Balaban J connectivity index is 2.16. The monoisotopic (exact) mass is 164 g/mol. The average molecular weight is 164 g/mol. The van der Waals surface area contributed by atoms with Gasteiger partial charge in [-0.15, -0.1) is 0 Å². The Morgan fingerprint density at radius 3 is 2.75 bits per heavy atom. The second-order valence-electron chi connectivity index (χ2n) is 5.03. The summed E-state index contributed by atoms with van der Waals surface area (Å²) in [6.45, 7) is 7.16. The molecular weight excluding hydrogens is 144 g/mol. The van der Waals surface area contributed by atoms with Crippen molar-refractivity contribution < 1.29 is 0 Å². The fourth-order valence-corrected chi connectivity index (χ4v) is 3.16. The average Bonchev–Trinajstić information content (AvgIpc) is 2.05. The molecule has 12 heavy (non-hydrogen) atoms. The summed E-state index contributed by atoms with van der Waals surface area (Å²) in [6.07, 6.45) is 8.04. The molecule has 0 nitrogen and oxygen atoms in total. The molecule has 68 valence electrons. The van der Waals surface area contributed by atoms with Crippen LogP contribution in [0.3, 0.4) is 0 Å². The first-order valence-electron chi connectivity index (χ1n) is 5.35. The summed E-state index contributed by atoms with van der Waals surface area (Å²) in [4.78, 5) is 0. The lowest BCUT2D eigenvalue weighted by Crippen LogP contribution is -2.49. The molecule has 0 spiro atoms. The Morgan fingerprint density at radius 2 is 2.25 bits per heavy atom. The van der Waals surface area contributed by atoms with Crippen molar-refractivity contribution in [1.82, 2.24) is 0 Å². The van der Waals surface area contributed by atoms with Crippen molar-refractivity contribution in [1.29, 1.82) is 0 Å². The zero-order chi connectivity index (χ0) is 8.77. The highest BCUT2D eigenvalue weighted by molar-refractivity contribution is 5.21. The van der Waals surface area contributed by atoms with Crippen LogP contribution in [0.1, 0.15) is 46.5 Å². The number of allylic oxidation sites excluding steroid dienone is 2. The van der Waals surface area contributed by atoms with Crippen LogP contribution < -0.4 is 0 Å². The molecule has 0 amide bonds. The molecule has 0 aromatic heterocycles. The van der Waals surface area contributed by atoms with Crippen LogP contribution in [0.15, 0.2) is 11.6 Å². The molecule has 0 saturated heterocycles. The van der Waals surface area contributed by atoms with E-state index in [0.29, 0.717) is 5.41 Å². The highest BCUT2D eigenvalue weighted by atomic mass is 14.6. The van der Waals surface area contributed by atoms with E-state index in [9.17, 15) is 0 Å². The SMILES string of the molecule is CCC=C1CCC2CC1C2(C)C. The van der Waals surface area contributed by atoms with E-state index in [-0.39, 0.29) is 0 Å². The lowest BCUT2D eigenvalue weighted by molar-refractivity contribution is -0.0279. The van der Waals surface area contributed by atoms with Gasteiger partial charge in [-0.2, -0.15) is 0 Å². The van der Waals surface area contributed by atoms with Gasteiger partial charge in [0.15, 0.2) is 0 Å². The first-order chi connectivity index (χ1) is 5.66. The Bertz CT molecular complexity index is 208. The summed E-state index contributed by atoms with van der Waals surface area (Å²) >= 11 is 0. The highest BCUT2D eigenvalue weighted by Gasteiger charge is 2.51. The molecule has 3 saturated carbocycles. The van der Waals surface area contributed by atoms with E-state index in [4.69, 9.17) is 0 Å². The normalized spacial score (nSPS) is 41.1. The Hall–Kier alpha value is -0.260. The van der Waals surface area contributed by atoms with Gasteiger partial charge >= 0.3 is 0 Å². The molecule has 3 rings (SSSR count). The molecule has 3 aliphatic carbocycles. The molecule has 0 aromatic rings. The third-order valence-corrected chi connectivity index (χ3v) is 4.17. The van der Waals surface area contributed by atoms with Crippen LogP contribution in [0.4, 0.5) is 0 Å². The van der Waals surface area contributed by atoms with Crippen LogP contribution in [0.25, 0.3) is 0 Å². The maximum atomic E-state index is 2.47. The van der Waals surface area contributed by atoms with Crippen molar-refractivity contribution in [2.45, 2.75) is 46.5 Å². The number of rotatable bonds is 1. The maximum absolute atomic E-state index is 2.47. The zero-order valence-electron chi connectivity index (χ0n) is 8.56. The summed E-state index contributed by atoms with van der Waals surface area (Å²) in [5, 5.41) is 0. The second kappa shape index (κ2) is 2.61. The second-order valence-corrected chi connectivity index (χ2v) is 5.03. The van der Waals surface area contributed by atoms with Gasteiger partial charge in [0.2, 0.25) is 0 Å². The molecule has 0 heterocycles. The van der Waals surface area contributed by atoms with Crippen LogP contribution in [0, 0.1) is 17.3 Å². The fourth-order valence-electron chi connectivity index (χ4n) is 3.16. The Labute approximate surface area is 76.1 Å². The predicted molar refractivity (Wildman–Crippen MR) is 53.0 cm³/mol. The lowest BCUT2D eigenvalue weighted by Gasteiger charge is -2.58. The van der Waals surface area contributed by atoms with Gasteiger partial charge in [0, 0.05) is 0 Å². The van der Waals surface area contributed by atoms with Crippen molar-refractivity contribution in [2.75, 3.05) is 0 Å². The first-order valence-corrected chi connectivity index (χ1v) is 5.35. The number of hydrogen-bond acceptors (Lipinski definition) is 0. The molecule has 3 fully saturated rings. The van der Waals surface area contributed by atoms with Gasteiger partial charge in [-0.3, -0.25) is 0 Å². The van der Waals surface area contributed by atoms with Crippen LogP contribution in [-0.2, 0) is 0 Å². The van der Waals surface area contributed by atoms with Gasteiger partial charge in [-0.1, -0.05) is 32.4 Å². The molecule has 2 atom stereocenters. The van der Waals surface area contributed by atoms with Crippen molar-refractivity contribution in [3.63, 3.8) is 0 Å². The molecule has 0 aromatic carbocycles. The molecular formula is C12H20. The van der Waals surface area contributed by atoms with Crippen LogP contribution in [-0.4, -0.2) is 0 Å². The predicted octanol–water partition coefficient (Wildman–Crippen LogP) is 3.78. The largest absolute Gasteiger partial charge is 0.0853 e. The van der Waals surface area contributed by atoms with E-state index in [1.54, 1.807) is 5.57 Å². The number of hydrogen-bond donors (Lipinski definition) is 0. The molecule has 2 bridgehead atoms. The lowest BCUT2D eigenvalue weighted by atomic mass is 9.47. The van der Waals surface area contributed by atoms with Crippen molar-refractivity contribution in [3.05, 3.63) is 11.6 Å². The summed E-state index contributed by atoms with van der Waals surface area (Å²) in [6, 6.07) is 0. The van der Waals surface area contributed by atoms with E-state index in [0.717, 1.165) is 11.8 Å². The van der Waals surface area contributed by atoms with Crippen molar-refractivity contribution in [2.24, 2.45) is 17.3 Å². The van der Waals surface area contributed by atoms with E-state index < -0.39 is 0 Å². The zero-order valence-corrected chi connectivity index (χ0v) is 8.56. The van der Waals surface area contributed by atoms with Crippen molar-refractivity contribution >= 4 is 0 Å². The minimum absolute atomic E-state index is 0.638. The summed E-state index contributed by atoms with van der Waals surface area (Å²) in [5.41, 5.74) is 2.41. The topological polar surface area (TPSA) is 0 Å². The minimum Gasteiger partial charge on any atom is -0.0853 e. The summed E-state index contributed by atoms with van der Waals surface area (Å²) < 4.78 is 0. The van der Waals surface area contributed by atoms with Crippen molar-refractivity contribution in [3.8, 4) is 0 Å². The van der Waals surface area contributed by atoms with E-state index in [1.165, 1.54) is 25.7 Å². The number of fused-ring (bicyclic) bond motifs is 2. The standard InChI is InChI=1S/C12H20/c1-4-5-9-6-7-10-8-11(9)12(10,2)3/h5,10-11H,4,6-8H2,1-3H3. The van der Waals surface area contributed by atoms with Gasteiger partial charge in [-0.25, -0.2) is 0 Å². The minimum atomic E-state index is 0.638. The third-order valence-electron chi connectivity index (χ3n) is 4.17. The van der Waals surface area contributed by atoms with Crippen LogP contribution in [0.2, 0.25) is 0 Å². The molecule has 0 N–H and O–H groups in total. The highest BCUT2D eigenvalue weighted by Crippen LogP contribution is 2.61. The van der Waals surface area contributed by atoms with Crippen LogP contribution >= 0.6 is 0 Å². The van der Waals surface area contributed by atoms with Gasteiger partial charge in [-0.05, 0) is 42.9 Å². The Morgan fingerprint density at radius 1 is 1.50 bits per heavy atom.